The van der Waals surface area contributed by atoms with E-state index in [-0.39, 0.29) is 17.9 Å². The van der Waals surface area contributed by atoms with E-state index in [1.807, 2.05) is 6.92 Å². The minimum Gasteiger partial charge on any atom is -0.479 e. The molecule has 3 rings (SSSR count). The fourth-order valence-corrected chi connectivity index (χ4v) is 2.70. The number of methoxy groups -OCH3 is 1. The Bertz CT molecular complexity index is 508. The summed E-state index contributed by atoms with van der Waals surface area (Å²) in [5.74, 6) is 0.838. The number of fused-ring (bicyclic) bond motifs is 2. The predicted octanol–water partition coefficient (Wildman–Crippen LogP) is 0.279. The van der Waals surface area contributed by atoms with Crippen molar-refractivity contribution in [3.63, 3.8) is 0 Å². The molecule has 0 radical (unpaired) electrons. The van der Waals surface area contributed by atoms with E-state index in [0.717, 1.165) is 6.54 Å². The van der Waals surface area contributed by atoms with Gasteiger partial charge in [0.15, 0.2) is 5.82 Å². The third-order valence-electron chi connectivity index (χ3n) is 3.63. The molecule has 1 fully saturated rings. The number of nitrogens with zero attached hydrogens (tertiary/aromatic N) is 3. The average Bonchev–Trinajstić information content (AvgIpc) is 2.86. The summed E-state index contributed by atoms with van der Waals surface area (Å²) in [4.78, 5) is 22.7. The number of rotatable bonds is 2. The number of hydrogen-bond donors (Lipinski definition) is 1. The molecule has 1 saturated heterocycles. The molecule has 7 heteroatoms. The van der Waals surface area contributed by atoms with Crippen LogP contribution >= 0.6 is 0 Å². The number of ether oxygens (including phenoxy) is 2. The highest BCUT2D eigenvalue weighted by molar-refractivity contribution is 5.99. The van der Waals surface area contributed by atoms with Crippen molar-refractivity contribution in [3.05, 3.63) is 6.33 Å². The molecule has 2 aliphatic rings. The van der Waals surface area contributed by atoms with Gasteiger partial charge in [-0.25, -0.2) is 4.98 Å². The predicted molar refractivity (Wildman–Crippen MR) is 68.3 cm³/mol. The summed E-state index contributed by atoms with van der Waals surface area (Å²) in [5, 5.41) is 2.87. The van der Waals surface area contributed by atoms with Crippen molar-refractivity contribution in [1.82, 2.24) is 9.97 Å². The standard InChI is InChI=1S/C12H16N4O3/c1-3-16-8-5-19-4-7(8)11(17)15-9-10(16)13-6-14-12(9)18-2/h6-8H,3-5H2,1-2H3,(H,15,17). The zero-order chi connectivity index (χ0) is 13.4. The van der Waals surface area contributed by atoms with Crippen molar-refractivity contribution in [2.45, 2.75) is 13.0 Å². The van der Waals surface area contributed by atoms with Gasteiger partial charge in [-0.05, 0) is 6.92 Å². The van der Waals surface area contributed by atoms with Gasteiger partial charge in [-0.3, -0.25) is 4.79 Å². The first-order valence-electron chi connectivity index (χ1n) is 6.30. The zero-order valence-electron chi connectivity index (χ0n) is 10.9. The Hall–Kier alpha value is -1.89. The summed E-state index contributed by atoms with van der Waals surface area (Å²) in [6.45, 7) is 3.75. The van der Waals surface area contributed by atoms with Gasteiger partial charge in [0.25, 0.3) is 0 Å². The Labute approximate surface area is 110 Å². The maximum atomic E-state index is 12.3. The van der Waals surface area contributed by atoms with Crippen LogP contribution in [0.5, 0.6) is 5.88 Å². The number of nitrogens with one attached hydrogen (secondary N) is 1. The van der Waals surface area contributed by atoms with E-state index in [0.29, 0.717) is 30.6 Å². The lowest BCUT2D eigenvalue weighted by Gasteiger charge is -2.28. The van der Waals surface area contributed by atoms with Crippen molar-refractivity contribution in [2.24, 2.45) is 5.92 Å². The first-order chi connectivity index (χ1) is 9.26. The summed E-state index contributed by atoms with van der Waals surface area (Å²) in [6, 6.07) is 0.0193. The third kappa shape index (κ3) is 1.81. The molecule has 2 atom stereocenters. The number of amides is 1. The summed E-state index contributed by atoms with van der Waals surface area (Å²) in [6.07, 6.45) is 1.45. The molecule has 3 heterocycles. The molecule has 0 aliphatic carbocycles. The van der Waals surface area contributed by atoms with E-state index in [1.54, 1.807) is 0 Å². The molecule has 2 aliphatic heterocycles. The Kier molecular flexibility index (Phi) is 2.98. The lowest BCUT2D eigenvalue weighted by Crippen LogP contribution is -2.42. The Morgan fingerprint density at radius 3 is 3.11 bits per heavy atom. The summed E-state index contributed by atoms with van der Waals surface area (Å²) in [7, 11) is 1.53. The van der Waals surface area contributed by atoms with Gasteiger partial charge in [-0.1, -0.05) is 0 Å². The number of carbonyl (C=O) groups is 1. The smallest absolute Gasteiger partial charge is 0.242 e. The second-order valence-electron chi connectivity index (χ2n) is 4.57. The molecular formula is C12H16N4O3. The summed E-state index contributed by atoms with van der Waals surface area (Å²) >= 11 is 0. The van der Waals surface area contributed by atoms with Crippen LogP contribution < -0.4 is 15.0 Å². The van der Waals surface area contributed by atoms with Gasteiger partial charge in [0.2, 0.25) is 11.8 Å². The minimum atomic E-state index is -0.182. The molecule has 0 saturated carbocycles. The molecule has 0 aromatic carbocycles. The maximum absolute atomic E-state index is 12.3. The highest BCUT2D eigenvalue weighted by Gasteiger charge is 2.42. The topological polar surface area (TPSA) is 76.6 Å². The van der Waals surface area contributed by atoms with Gasteiger partial charge in [-0.15, -0.1) is 0 Å². The monoisotopic (exact) mass is 264 g/mol. The van der Waals surface area contributed by atoms with Crippen LogP contribution in [-0.2, 0) is 9.53 Å². The van der Waals surface area contributed by atoms with Crippen LogP contribution in [0.1, 0.15) is 6.92 Å². The second kappa shape index (κ2) is 4.65. The molecule has 0 spiro atoms. The normalized spacial score (nSPS) is 25.4. The van der Waals surface area contributed by atoms with E-state index in [2.05, 4.69) is 20.2 Å². The first-order valence-corrected chi connectivity index (χ1v) is 6.30. The average molecular weight is 264 g/mol. The Balaban J connectivity index is 2.12. The molecule has 1 aromatic rings. The molecule has 7 nitrogen and oxygen atoms in total. The van der Waals surface area contributed by atoms with Crippen LogP contribution in [0.3, 0.4) is 0 Å². The number of carbonyl (C=O) groups excluding carboxylic acids is 1. The number of anilines is 2. The van der Waals surface area contributed by atoms with E-state index in [9.17, 15) is 4.79 Å². The molecule has 0 bridgehead atoms. The van der Waals surface area contributed by atoms with Crippen molar-refractivity contribution in [2.75, 3.05) is 37.1 Å². The van der Waals surface area contributed by atoms with Crippen LogP contribution in [0.25, 0.3) is 0 Å². The molecule has 102 valence electrons. The van der Waals surface area contributed by atoms with E-state index in [4.69, 9.17) is 9.47 Å². The molecule has 1 N–H and O–H groups in total. The van der Waals surface area contributed by atoms with Gasteiger partial charge in [-0.2, -0.15) is 4.98 Å². The van der Waals surface area contributed by atoms with Gasteiger partial charge < -0.3 is 19.7 Å². The second-order valence-corrected chi connectivity index (χ2v) is 4.57. The zero-order valence-corrected chi connectivity index (χ0v) is 10.9. The fourth-order valence-electron chi connectivity index (χ4n) is 2.70. The molecule has 19 heavy (non-hydrogen) atoms. The van der Waals surface area contributed by atoms with Gasteiger partial charge in [0.05, 0.1) is 32.3 Å². The first kappa shape index (κ1) is 12.2. The lowest BCUT2D eigenvalue weighted by molar-refractivity contribution is -0.120. The maximum Gasteiger partial charge on any atom is 0.242 e. The number of aromatic nitrogens is 2. The van der Waals surface area contributed by atoms with E-state index < -0.39 is 0 Å². The van der Waals surface area contributed by atoms with Crippen molar-refractivity contribution in [3.8, 4) is 5.88 Å². The number of likely N-dealkylation sites (N-methyl/N-ethyl adjacent to an activating group) is 1. The van der Waals surface area contributed by atoms with Crippen LogP contribution in [0.15, 0.2) is 6.33 Å². The minimum absolute atomic E-state index is 0.0193. The summed E-state index contributed by atoms with van der Waals surface area (Å²) in [5.41, 5.74) is 0.547. The van der Waals surface area contributed by atoms with Crippen LogP contribution in [0.2, 0.25) is 0 Å². The Morgan fingerprint density at radius 1 is 1.53 bits per heavy atom. The SMILES string of the molecule is CCN1c2ncnc(OC)c2NC(=O)C2COCC21. The van der Waals surface area contributed by atoms with Crippen molar-refractivity contribution in [1.29, 1.82) is 0 Å². The van der Waals surface area contributed by atoms with Crippen molar-refractivity contribution < 1.29 is 14.3 Å². The summed E-state index contributed by atoms with van der Waals surface area (Å²) < 4.78 is 10.7. The lowest BCUT2D eigenvalue weighted by atomic mass is 10.0. The number of hydrogen-bond acceptors (Lipinski definition) is 6. The van der Waals surface area contributed by atoms with Crippen molar-refractivity contribution >= 4 is 17.4 Å². The quantitative estimate of drug-likeness (QED) is 0.826. The highest BCUT2D eigenvalue weighted by Crippen LogP contribution is 2.37. The molecular weight excluding hydrogens is 248 g/mol. The van der Waals surface area contributed by atoms with Crippen LogP contribution in [0, 0.1) is 5.92 Å². The van der Waals surface area contributed by atoms with Crippen LogP contribution in [0.4, 0.5) is 11.5 Å². The van der Waals surface area contributed by atoms with Crippen LogP contribution in [-0.4, -0.2) is 48.8 Å². The highest BCUT2D eigenvalue weighted by atomic mass is 16.5. The van der Waals surface area contributed by atoms with Gasteiger partial charge >= 0.3 is 0 Å². The largest absolute Gasteiger partial charge is 0.479 e. The molecule has 1 amide bonds. The van der Waals surface area contributed by atoms with E-state index in [1.165, 1.54) is 13.4 Å². The molecule has 1 aromatic heterocycles. The van der Waals surface area contributed by atoms with Gasteiger partial charge in [0.1, 0.15) is 12.0 Å². The third-order valence-corrected chi connectivity index (χ3v) is 3.63. The van der Waals surface area contributed by atoms with E-state index >= 15 is 0 Å². The Morgan fingerprint density at radius 2 is 2.37 bits per heavy atom. The molecule has 2 unspecified atom stereocenters. The van der Waals surface area contributed by atoms with Gasteiger partial charge in [0, 0.05) is 6.54 Å². The fraction of sp³-hybridized carbons (Fsp3) is 0.583.